The fourth-order valence-electron chi connectivity index (χ4n) is 2.94. The average molecular weight is 413 g/mol. The van der Waals surface area contributed by atoms with E-state index in [-0.39, 0.29) is 21.9 Å². The Bertz CT molecular complexity index is 1020. The monoisotopic (exact) mass is 413 g/mol. The first-order chi connectivity index (χ1) is 13.8. The third-order valence-corrected chi connectivity index (χ3v) is 4.71. The van der Waals surface area contributed by atoms with E-state index in [0.29, 0.717) is 11.6 Å². The molecule has 9 heteroatoms. The molecule has 3 rings (SSSR count). The number of rotatable bonds is 6. The van der Waals surface area contributed by atoms with Crippen LogP contribution in [-0.2, 0) is 9.59 Å². The number of benzene rings is 1. The molecule has 0 bridgehead atoms. The molecule has 2 heterocycles. The molecule has 0 unspecified atom stereocenters. The maximum atomic E-state index is 13.0. The molecule has 0 aliphatic carbocycles. The number of amides is 2. The number of hydrogen-bond acceptors (Lipinski definition) is 6. The zero-order valence-electron chi connectivity index (χ0n) is 15.8. The molecule has 1 aromatic carbocycles. The molecule has 0 spiro atoms. The van der Waals surface area contributed by atoms with E-state index in [1.807, 2.05) is 18.7 Å². The summed E-state index contributed by atoms with van der Waals surface area (Å²) in [6.45, 7) is 5.49. The Balaban J connectivity index is 1.96. The highest BCUT2D eigenvalue weighted by molar-refractivity contribution is 7.80. The molecule has 2 aromatic rings. The molecule has 1 saturated heterocycles. The molecular weight excluding hydrogens is 394 g/mol. The predicted molar refractivity (Wildman–Crippen MR) is 112 cm³/mol. The van der Waals surface area contributed by atoms with Crippen molar-refractivity contribution in [2.24, 2.45) is 0 Å². The number of aromatic carboxylic acids is 1. The first-order valence-corrected chi connectivity index (χ1v) is 9.36. The molecule has 0 atom stereocenters. The summed E-state index contributed by atoms with van der Waals surface area (Å²) >= 11 is 5.13. The molecule has 1 aromatic heterocycles. The Morgan fingerprint density at radius 3 is 2.62 bits per heavy atom. The molecule has 8 nitrogen and oxygen atoms in total. The minimum Gasteiger partial charge on any atom is -0.478 e. The van der Waals surface area contributed by atoms with Crippen molar-refractivity contribution in [2.75, 3.05) is 22.9 Å². The third-order valence-electron chi connectivity index (χ3n) is 4.43. The van der Waals surface area contributed by atoms with Crippen molar-refractivity contribution in [3.63, 3.8) is 0 Å². The van der Waals surface area contributed by atoms with Crippen molar-refractivity contribution >= 4 is 52.8 Å². The number of hydrogen-bond donors (Lipinski definition) is 2. The van der Waals surface area contributed by atoms with Crippen molar-refractivity contribution in [1.82, 2.24) is 5.32 Å². The van der Waals surface area contributed by atoms with Crippen LogP contribution in [-0.4, -0.2) is 41.1 Å². The SMILES string of the molecule is CCN(CC)c1ccc(C=C2C(=O)NC(=S)N(c3cccc(C(=O)O)c3)C2=O)o1. The van der Waals surface area contributed by atoms with Crippen LogP contribution in [0, 0.1) is 0 Å². The van der Waals surface area contributed by atoms with E-state index in [0.717, 1.165) is 18.0 Å². The van der Waals surface area contributed by atoms with Crippen molar-refractivity contribution < 1.29 is 23.9 Å². The number of carboxylic acids is 1. The van der Waals surface area contributed by atoms with Gasteiger partial charge in [0.1, 0.15) is 11.3 Å². The lowest BCUT2D eigenvalue weighted by molar-refractivity contribution is -0.122. The number of anilines is 2. The smallest absolute Gasteiger partial charge is 0.335 e. The zero-order chi connectivity index (χ0) is 21.1. The molecule has 1 fully saturated rings. The summed E-state index contributed by atoms with van der Waals surface area (Å²) in [4.78, 5) is 39.7. The van der Waals surface area contributed by atoms with Crippen LogP contribution in [0.25, 0.3) is 6.08 Å². The molecule has 2 amide bonds. The van der Waals surface area contributed by atoms with E-state index < -0.39 is 17.8 Å². The second kappa shape index (κ2) is 8.27. The Labute approximate surface area is 172 Å². The van der Waals surface area contributed by atoms with Gasteiger partial charge < -0.3 is 14.4 Å². The zero-order valence-corrected chi connectivity index (χ0v) is 16.7. The highest BCUT2D eigenvalue weighted by Crippen LogP contribution is 2.25. The van der Waals surface area contributed by atoms with Crippen LogP contribution in [0.3, 0.4) is 0 Å². The number of nitrogens with zero attached hydrogens (tertiary/aromatic N) is 2. The minimum absolute atomic E-state index is 0.00423. The maximum absolute atomic E-state index is 13.0. The van der Waals surface area contributed by atoms with Gasteiger partial charge in [0.2, 0.25) is 0 Å². The summed E-state index contributed by atoms with van der Waals surface area (Å²) < 4.78 is 5.73. The van der Waals surface area contributed by atoms with E-state index in [2.05, 4.69) is 5.32 Å². The molecule has 1 aliphatic rings. The number of furan rings is 1. The second-order valence-corrected chi connectivity index (χ2v) is 6.55. The molecule has 0 saturated carbocycles. The average Bonchev–Trinajstić information content (AvgIpc) is 3.14. The summed E-state index contributed by atoms with van der Waals surface area (Å²) in [6, 6.07) is 9.19. The fourth-order valence-corrected chi connectivity index (χ4v) is 3.22. The predicted octanol–water partition coefficient (Wildman–Crippen LogP) is 2.66. The number of carbonyl (C=O) groups excluding carboxylic acids is 2. The standard InChI is InChI=1S/C20H19N3O5S/c1-3-22(4-2)16-9-8-14(28-16)11-15-17(24)21-20(29)23(18(15)25)13-7-5-6-12(10-13)19(26)27/h5-11H,3-4H2,1-2H3,(H,26,27)(H,21,24,29). The molecule has 2 N–H and O–H groups in total. The van der Waals surface area contributed by atoms with Crippen LogP contribution in [0.1, 0.15) is 30.0 Å². The van der Waals surface area contributed by atoms with Crippen molar-refractivity contribution in [3.8, 4) is 0 Å². The summed E-state index contributed by atoms with van der Waals surface area (Å²) in [5, 5.41) is 11.5. The first kappa shape index (κ1) is 20.3. The van der Waals surface area contributed by atoms with Gasteiger partial charge in [0.05, 0.1) is 11.3 Å². The Morgan fingerprint density at radius 2 is 1.97 bits per heavy atom. The fraction of sp³-hybridized carbons (Fsp3) is 0.200. The van der Waals surface area contributed by atoms with E-state index in [1.54, 1.807) is 12.1 Å². The maximum Gasteiger partial charge on any atom is 0.335 e. The van der Waals surface area contributed by atoms with Gasteiger partial charge in [-0.2, -0.15) is 0 Å². The topological polar surface area (TPSA) is 103 Å². The van der Waals surface area contributed by atoms with E-state index >= 15 is 0 Å². The number of carboxylic acid groups (broad SMARTS) is 1. The van der Waals surface area contributed by atoms with Gasteiger partial charge in [0, 0.05) is 19.2 Å². The van der Waals surface area contributed by atoms with Crippen LogP contribution in [0.5, 0.6) is 0 Å². The highest BCUT2D eigenvalue weighted by Gasteiger charge is 2.35. The van der Waals surface area contributed by atoms with Gasteiger partial charge in [-0.15, -0.1) is 0 Å². The lowest BCUT2D eigenvalue weighted by Gasteiger charge is -2.28. The van der Waals surface area contributed by atoms with Crippen LogP contribution in [0.4, 0.5) is 11.6 Å². The number of thiocarbonyl (C=S) groups is 1. The van der Waals surface area contributed by atoms with Crippen molar-refractivity contribution in [1.29, 1.82) is 0 Å². The van der Waals surface area contributed by atoms with Crippen molar-refractivity contribution in [3.05, 3.63) is 53.3 Å². The quantitative estimate of drug-likeness (QED) is 0.426. The van der Waals surface area contributed by atoms with Gasteiger partial charge in [-0.3, -0.25) is 19.8 Å². The normalized spacial score (nSPS) is 15.6. The Morgan fingerprint density at radius 1 is 1.24 bits per heavy atom. The largest absolute Gasteiger partial charge is 0.478 e. The molecule has 0 radical (unpaired) electrons. The van der Waals surface area contributed by atoms with Crippen LogP contribution in [0.2, 0.25) is 0 Å². The minimum atomic E-state index is -1.14. The van der Waals surface area contributed by atoms with Crippen molar-refractivity contribution in [2.45, 2.75) is 13.8 Å². The molecule has 29 heavy (non-hydrogen) atoms. The van der Waals surface area contributed by atoms with Crippen LogP contribution in [0.15, 0.2) is 46.4 Å². The van der Waals surface area contributed by atoms with Gasteiger partial charge in [-0.05, 0) is 56.4 Å². The number of carbonyl (C=O) groups is 3. The second-order valence-electron chi connectivity index (χ2n) is 6.16. The first-order valence-electron chi connectivity index (χ1n) is 8.95. The van der Waals surface area contributed by atoms with Gasteiger partial charge in [0.15, 0.2) is 11.0 Å². The summed E-state index contributed by atoms with van der Waals surface area (Å²) in [7, 11) is 0. The van der Waals surface area contributed by atoms with Crippen LogP contribution < -0.4 is 15.1 Å². The molecular formula is C20H19N3O5S. The van der Waals surface area contributed by atoms with E-state index in [1.165, 1.54) is 30.3 Å². The molecule has 150 valence electrons. The van der Waals surface area contributed by atoms with E-state index in [9.17, 15) is 19.5 Å². The lowest BCUT2D eigenvalue weighted by Crippen LogP contribution is -2.54. The van der Waals surface area contributed by atoms with Crippen LogP contribution >= 0.6 is 12.2 Å². The molecule has 1 aliphatic heterocycles. The summed E-state index contributed by atoms with van der Waals surface area (Å²) in [5.41, 5.74) is 0.0734. The summed E-state index contributed by atoms with van der Waals surface area (Å²) in [5.74, 6) is -1.47. The Hall–Kier alpha value is -3.46. The number of nitrogens with one attached hydrogen (secondary N) is 1. The summed E-state index contributed by atoms with van der Waals surface area (Å²) in [6.07, 6.45) is 1.35. The Kier molecular flexibility index (Phi) is 5.79. The lowest BCUT2D eigenvalue weighted by atomic mass is 10.1. The third kappa shape index (κ3) is 4.04. The highest BCUT2D eigenvalue weighted by atomic mass is 32.1. The van der Waals surface area contributed by atoms with E-state index in [4.69, 9.17) is 16.6 Å². The van der Waals surface area contributed by atoms with Gasteiger partial charge >= 0.3 is 5.97 Å². The van der Waals surface area contributed by atoms with Gasteiger partial charge in [-0.25, -0.2) is 4.79 Å². The van der Waals surface area contributed by atoms with Gasteiger partial charge in [-0.1, -0.05) is 6.07 Å². The van der Waals surface area contributed by atoms with Gasteiger partial charge in [0.25, 0.3) is 11.8 Å².